The van der Waals surface area contributed by atoms with Gasteiger partial charge in [-0.3, -0.25) is 0 Å². The van der Waals surface area contributed by atoms with Crippen LogP contribution in [0, 0.1) is 6.92 Å². The van der Waals surface area contributed by atoms with Gasteiger partial charge in [-0.15, -0.1) is 0 Å². The summed E-state index contributed by atoms with van der Waals surface area (Å²) in [5.41, 5.74) is 13.0. The highest BCUT2D eigenvalue weighted by Gasteiger charge is 2.23. The summed E-state index contributed by atoms with van der Waals surface area (Å²) in [5, 5.41) is -0.523. The van der Waals surface area contributed by atoms with Crippen LogP contribution in [0.15, 0.2) is 39.9 Å². The predicted molar refractivity (Wildman–Crippen MR) is 82.7 cm³/mol. The van der Waals surface area contributed by atoms with Crippen molar-refractivity contribution < 1.29 is 8.42 Å². The molecule has 0 spiro atoms. The fourth-order valence-electron chi connectivity index (χ4n) is 1.50. The number of amidine groups is 1. The minimum absolute atomic E-state index is 0.195. The zero-order valence-electron chi connectivity index (χ0n) is 12.2. The van der Waals surface area contributed by atoms with E-state index in [0.29, 0.717) is 11.3 Å². The average Bonchev–Trinajstić information content (AvgIpc) is 2.39. The summed E-state index contributed by atoms with van der Waals surface area (Å²) in [6.45, 7) is 6.82. The molecule has 0 aromatic heterocycles. The molecule has 0 bridgehead atoms. The average molecular weight is 295 g/mol. The van der Waals surface area contributed by atoms with Gasteiger partial charge in [-0.25, -0.2) is 13.4 Å². The molecule has 0 saturated carbocycles. The van der Waals surface area contributed by atoms with Crippen LogP contribution in [0.25, 0.3) is 0 Å². The van der Waals surface area contributed by atoms with Crippen molar-refractivity contribution in [2.75, 3.05) is 0 Å². The van der Waals surface area contributed by atoms with Crippen molar-refractivity contribution in [3.05, 3.63) is 35.5 Å². The maximum atomic E-state index is 12.4. The third-order valence-electron chi connectivity index (χ3n) is 2.94. The zero-order chi connectivity index (χ0) is 15.5. The van der Waals surface area contributed by atoms with E-state index in [0.717, 1.165) is 5.56 Å². The highest BCUT2D eigenvalue weighted by atomic mass is 32.2. The largest absolute Gasteiger partial charge is 0.404 e. The lowest BCUT2D eigenvalue weighted by atomic mass is 10.2. The second-order valence-electron chi connectivity index (χ2n) is 4.91. The van der Waals surface area contributed by atoms with Gasteiger partial charge in [0.15, 0.2) is 9.84 Å². The zero-order valence-corrected chi connectivity index (χ0v) is 13.0. The monoisotopic (exact) mass is 295 g/mol. The van der Waals surface area contributed by atoms with E-state index in [2.05, 4.69) is 4.99 Å². The van der Waals surface area contributed by atoms with E-state index in [1.54, 1.807) is 39.0 Å². The fourth-order valence-corrected chi connectivity index (χ4v) is 2.76. The maximum absolute atomic E-state index is 12.4. The third kappa shape index (κ3) is 3.39. The topological polar surface area (TPSA) is 98.5 Å². The Balaban J connectivity index is 3.51. The molecule has 6 heteroatoms. The first-order valence-corrected chi connectivity index (χ1v) is 7.82. The highest BCUT2D eigenvalue weighted by molar-refractivity contribution is 7.92. The molecule has 0 amide bonds. The molecule has 110 valence electrons. The van der Waals surface area contributed by atoms with E-state index < -0.39 is 15.1 Å². The molecule has 0 heterocycles. The number of hydrogen-bond acceptors (Lipinski definition) is 4. The summed E-state index contributed by atoms with van der Waals surface area (Å²) in [6, 6.07) is 5.07. The maximum Gasteiger partial charge on any atom is 0.182 e. The summed E-state index contributed by atoms with van der Waals surface area (Å²) in [6.07, 6.45) is 1.34. The number of nitrogens with zero attached hydrogens (tertiary/aromatic N) is 1. The Labute approximate surface area is 120 Å². The molecule has 0 atom stereocenters. The molecule has 0 saturated heterocycles. The Kier molecular flexibility index (Phi) is 4.94. The van der Waals surface area contributed by atoms with E-state index in [1.165, 1.54) is 6.20 Å². The van der Waals surface area contributed by atoms with Crippen LogP contribution in [0.4, 0.5) is 5.69 Å². The Bertz CT molecular complexity index is 659. The number of benzene rings is 1. The molecule has 1 rings (SSSR count). The second-order valence-corrected chi connectivity index (χ2v) is 7.38. The third-order valence-corrected chi connectivity index (χ3v) is 5.12. The van der Waals surface area contributed by atoms with Crippen molar-refractivity contribution >= 4 is 21.4 Å². The second kappa shape index (κ2) is 6.09. The molecule has 4 N–H and O–H groups in total. The van der Waals surface area contributed by atoms with Crippen molar-refractivity contribution in [1.29, 1.82) is 0 Å². The first-order valence-electron chi connectivity index (χ1n) is 6.27. The van der Waals surface area contributed by atoms with Gasteiger partial charge in [0, 0.05) is 11.8 Å². The smallest absolute Gasteiger partial charge is 0.182 e. The predicted octanol–water partition coefficient (Wildman–Crippen LogP) is 2.03. The van der Waals surface area contributed by atoms with E-state index in [4.69, 9.17) is 11.5 Å². The van der Waals surface area contributed by atoms with Crippen LogP contribution in [-0.4, -0.2) is 19.5 Å². The van der Waals surface area contributed by atoms with Crippen molar-refractivity contribution in [3.8, 4) is 0 Å². The minimum Gasteiger partial charge on any atom is -0.404 e. The molecule has 0 aliphatic heterocycles. The molecule has 1 aromatic rings. The molecule has 0 fully saturated rings. The first kappa shape index (κ1) is 16.2. The van der Waals surface area contributed by atoms with Gasteiger partial charge in [-0.2, -0.15) is 0 Å². The van der Waals surface area contributed by atoms with Crippen LogP contribution in [0.2, 0.25) is 0 Å². The molecule has 5 nitrogen and oxygen atoms in total. The summed E-state index contributed by atoms with van der Waals surface area (Å²) in [5.74, 6) is 0.205. The van der Waals surface area contributed by atoms with Crippen LogP contribution < -0.4 is 11.5 Å². The summed E-state index contributed by atoms with van der Waals surface area (Å²) in [7, 11) is -3.42. The SMILES string of the molecule is C/C(=C/N)C(N)=Nc1ccc(C)cc1S(=O)(=O)C(C)C. The molecule has 0 radical (unpaired) electrons. The van der Waals surface area contributed by atoms with Crippen LogP contribution >= 0.6 is 0 Å². The molecular formula is C14H21N3O2S. The minimum atomic E-state index is -3.42. The summed E-state index contributed by atoms with van der Waals surface area (Å²) >= 11 is 0. The lowest BCUT2D eigenvalue weighted by Gasteiger charge is -2.12. The van der Waals surface area contributed by atoms with Crippen molar-refractivity contribution in [1.82, 2.24) is 0 Å². The standard InChI is InChI=1S/C14H21N3O2S/c1-9(2)20(18,19)13-7-10(3)5-6-12(13)17-14(16)11(4)8-15/h5-9H,15H2,1-4H3,(H2,16,17)/b11-8-. The van der Waals surface area contributed by atoms with Crippen molar-refractivity contribution in [2.24, 2.45) is 16.5 Å². The Morgan fingerprint density at radius 1 is 1.35 bits per heavy atom. The molecule has 0 aliphatic rings. The molecule has 0 unspecified atom stereocenters. The highest BCUT2D eigenvalue weighted by Crippen LogP contribution is 2.28. The van der Waals surface area contributed by atoms with Crippen molar-refractivity contribution in [3.63, 3.8) is 0 Å². The lowest BCUT2D eigenvalue weighted by molar-refractivity contribution is 0.587. The molecule has 1 aromatic carbocycles. The number of nitrogens with two attached hydrogens (primary N) is 2. The van der Waals surface area contributed by atoms with Crippen molar-refractivity contribution in [2.45, 2.75) is 37.8 Å². The number of sulfone groups is 1. The first-order chi connectivity index (χ1) is 9.20. The Hall–Kier alpha value is -1.82. The van der Waals surface area contributed by atoms with Gasteiger partial charge in [-0.1, -0.05) is 6.07 Å². The van der Waals surface area contributed by atoms with Gasteiger partial charge in [0.2, 0.25) is 0 Å². The normalized spacial score (nSPS) is 13.8. The van der Waals surface area contributed by atoms with Crippen LogP contribution in [0.5, 0.6) is 0 Å². The van der Waals surface area contributed by atoms with Crippen LogP contribution in [0.3, 0.4) is 0 Å². The molecule has 20 heavy (non-hydrogen) atoms. The van der Waals surface area contributed by atoms with Gasteiger partial charge in [0.25, 0.3) is 0 Å². The molecular weight excluding hydrogens is 274 g/mol. The Morgan fingerprint density at radius 2 is 1.95 bits per heavy atom. The van der Waals surface area contributed by atoms with Gasteiger partial charge in [0.05, 0.1) is 15.8 Å². The van der Waals surface area contributed by atoms with E-state index in [9.17, 15) is 8.42 Å². The van der Waals surface area contributed by atoms with E-state index in [-0.39, 0.29) is 10.7 Å². The number of rotatable bonds is 4. The van der Waals surface area contributed by atoms with Crippen LogP contribution in [0.1, 0.15) is 26.3 Å². The quantitative estimate of drug-likeness (QED) is 0.656. The summed E-state index contributed by atoms with van der Waals surface area (Å²) in [4.78, 5) is 4.38. The van der Waals surface area contributed by atoms with Gasteiger partial charge >= 0.3 is 0 Å². The number of aliphatic imine (C=N–C) groups is 1. The number of aryl methyl sites for hydroxylation is 1. The number of hydrogen-bond donors (Lipinski definition) is 2. The van der Waals surface area contributed by atoms with E-state index in [1.807, 2.05) is 6.92 Å². The van der Waals surface area contributed by atoms with Crippen LogP contribution in [-0.2, 0) is 9.84 Å². The Morgan fingerprint density at radius 3 is 2.45 bits per heavy atom. The van der Waals surface area contributed by atoms with E-state index >= 15 is 0 Å². The summed E-state index contributed by atoms with van der Waals surface area (Å²) < 4.78 is 24.8. The van der Waals surface area contributed by atoms with Gasteiger partial charge in [-0.05, 0) is 45.4 Å². The van der Waals surface area contributed by atoms with Gasteiger partial charge in [0.1, 0.15) is 5.84 Å². The lowest BCUT2D eigenvalue weighted by Crippen LogP contribution is -2.16. The fraction of sp³-hybridized carbons (Fsp3) is 0.357. The molecule has 0 aliphatic carbocycles. The van der Waals surface area contributed by atoms with Gasteiger partial charge < -0.3 is 11.5 Å².